The molecule has 0 fully saturated rings. The molecular formula is C12H16F3NO2S. The molecule has 19 heavy (non-hydrogen) atoms. The van der Waals surface area contributed by atoms with E-state index in [-0.39, 0.29) is 15.8 Å². The Balaban J connectivity index is 2.93. The molecule has 2 N–H and O–H groups in total. The Morgan fingerprint density at radius 3 is 2.53 bits per heavy atom. The molecule has 3 nitrogen and oxygen atoms in total. The second-order valence-electron chi connectivity index (χ2n) is 4.14. The third kappa shape index (κ3) is 4.21. The van der Waals surface area contributed by atoms with Crippen LogP contribution in [0.5, 0.6) is 0 Å². The molecule has 0 saturated carbocycles. The Morgan fingerprint density at radius 1 is 1.42 bits per heavy atom. The summed E-state index contributed by atoms with van der Waals surface area (Å²) in [5, 5.41) is -0.237. The van der Waals surface area contributed by atoms with Crippen LogP contribution in [0.15, 0.2) is 23.1 Å². The van der Waals surface area contributed by atoms with Crippen molar-refractivity contribution >= 4 is 16.5 Å². The Morgan fingerprint density at radius 2 is 2.05 bits per heavy atom. The smallest absolute Gasteiger partial charge is 0.398 e. The van der Waals surface area contributed by atoms with Gasteiger partial charge in [-0.25, -0.2) is 0 Å². The van der Waals surface area contributed by atoms with Crippen LogP contribution in [0, 0.1) is 0 Å². The molecule has 0 bridgehead atoms. The van der Waals surface area contributed by atoms with Crippen LogP contribution in [0.25, 0.3) is 0 Å². The van der Waals surface area contributed by atoms with Crippen molar-refractivity contribution in [2.45, 2.75) is 29.7 Å². The van der Waals surface area contributed by atoms with Crippen molar-refractivity contribution in [1.29, 1.82) is 0 Å². The SMILES string of the molecule is COCCC(C)S(=O)c1ccc(C(F)(F)F)cc1N. The average molecular weight is 295 g/mol. The molecule has 108 valence electrons. The van der Waals surface area contributed by atoms with E-state index < -0.39 is 22.5 Å². The number of hydrogen-bond donors (Lipinski definition) is 1. The number of rotatable bonds is 5. The molecule has 0 aromatic heterocycles. The zero-order chi connectivity index (χ0) is 14.6. The molecule has 0 aliphatic carbocycles. The number of hydrogen-bond acceptors (Lipinski definition) is 3. The van der Waals surface area contributed by atoms with Gasteiger partial charge >= 0.3 is 6.18 Å². The minimum atomic E-state index is -4.45. The Hall–Kier alpha value is -1.08. The molecule has 2 unspecified atom stereocenters. The maximum atomic E-state index is 12.5. The van der Waals surface area contributed by atoms with Gasteiger partial charge in [0.1, 0.15) is 0 Å². The third-order valence-electron chi connectivity index (χ3n) is 2.65. The second kappa shape index (κ2) is 6.38. The van der Waals surface area contributed by atoms with Crippen LogP contribution in [0.4, 0.5) is 18.9 Å². The Kier molecular flexibility index (Phi) is 5.37. The van der Waals surface area contributed by atoms with E-state index >= 15 is 0 Å². The number of alkyl halides is 3. The molecule has 0 heterocycles. The molecule has 0 amide bonds. The summed E-state index contributed by atoms with van der Waals surface area (Å²) in [7, 11) is 0.0813. The van der Waals surface area contributed by atoms with Crippen molar-refractivity contribution in [2.75, 3.05) is 19.5 Å². The molecule has 1 aromatic carbocycles. The lowest BCUT2D eigenvalue weighted by molar-refractivity contribution is -0.137. The number of ether oxygens (including phenoxy) is 1. The summed E-state index contributed by atoms with van der Waals surface area (Å²) < 4.78 is 54.4. The first-order valence-electron chi connectivity index (χ1n) is 5.63. The summed E-state index contributed by atoms with van der Waals surface area (Å²) in [4.78, 5) is 0.233. The van der Waals surface area contributed by atoms with Crippen LogP contribution in [-0.4, -0.2) is 23.2 Å². The van der Waals surface area contributed by atoms with Crippen molar-refractivity contribution in [3.63, 3.8) is 0 Å². The van der Waals surface area contributed by atoms with Gasteiger partial charge in [-0.15, -0.1) is 0 Å². The molecule has 1 aromatic rings. The molecule has 0 saturated heterocycles. The number of nitrogens with two attached hydrogens (primary N) is 1. The van der Waals surface area contributed by atoms with E-state index in [1.54, 1.807) is 6.92 Å². The Labute approximate surface area is 112 Å². The van der Waals surface area contributed by atoms with Crippen LogP contribution in [-0.2, 0) is 21.7 Å². The topological polar surface area (TPSA) is 52.3 Å². The lowest BCUT2D eigenvalue weighted by Gasteiger charge is -2.14. The predicted octanol–water partition coefficient (Wildman–Crippen LogP) is 2.82. The highest BCUT2D eigenvalue weighted by molar-refractivity contribution is 7.85. The van der Waals surface area contributed by atoms with Crippen molar-refractivity contribution in [2.24, 2.45) is 0 Å². The van der Waals surface area contributed by atoms with Gasteiger partial charge in [-0.3, -0.25) is 4.21 Å². The lowest BCUT2D eigenvalue weighted by atomic mass is 10.2. The van der Waals surface area contributed by atoms with E-state index in [0.717, 1.165) is 12.1 Å². The monoisotopic (exact) mass is 295 g/mol. The van der Waals surface area contributed by atoms with Crippen molar-refractivity contribution in [3.05, 3.63) is 23.8 Å². The van der Waals surface area contributed by atoms with Crippen molar-refractivity contribution < 1.29 is 22.1 Å². The summed E-state index contributed by atoms with van der Waals surface area (Å²) in [5.41, 5.74) is 4.62. The van der Waals surface area contributed by atoms with E-state index in [1.165, 1.54) is 13.2 Å². The number of methoxy groups -OCH3 is 1. The molecular weight excluding hydrogens is 279 g/mol. The van der Waals surface area contributed by atoms with Crippen LogP contribution in [0.3, 0.4) is 0 Å². The van der Waals surface area contributed by atoms with Gasteiger partial charge in [-0.05, 0) is 24.6 Å². The fraction of sp³-hybridized carbons (Fsp3) is 0.500. The van der Waals surface area contributed by atoms with Crippen LogP contribution >= 0.6 is 0 Å². The van der Waals surface area contributed by atoms with Gasteiger partial charge in [0, 0.05) is 24.7 Å². The fourth-order valence-corrected chi connectivity index (χ4v) is 2.75. The van der Waals surface area contributed by atoms with Crippen molar-refractivity contribution in [1.82, 2.24) is 0 Å². The zero-order valence-electron chi connectivity index (χ0n) is 10.7. The maximum Gasteiger partial charge on any atom is 0.416 e. The molecule has 7 heteroatoms. The minimum absolute atomic E-state index is 0.0996. The van der Waals surface area contributed by atoms with Gasteiger partial charge in [0.2, 0.25) is 0 Å². The standard InChI is InChI=1S/C12H16F3NO2S/c1-8(5-6-18-2)19(17)11-4-3-9(7-10(11)16)12(13,14)15/h3-4,7-8H,5-6,16H2,1-2H3. The van der Waals surface area contributed by atoms with Gasteiger partial charge in [0.25, 0.3) is 0 Å². The summed E-state index contributed by atoms with van der Waals surface area (Å²) in [6, 6.07) is 2.89. The highest BCUT2D eigenvalue weighted by atomic mass is 32.2. The number of benzene rings is 1. The zero-order valence-corrected chi connectivity index (χ0v) is 11.5. The largest absolute Gasteiger partial charge is 0.416 e. The summed E-state index contributed by atoms with van der Waals surface area (Å²) in [5.74, 6) is 0. The summed E-state index contributed by atoms with van der Waals surface area (Å²) in [6.45, 7) is 2.18. The van der Waals surface area contributed by atoms with E-state index in [2.05, 4.69) is 0 Å². The van der Waals surface area contributed by atoms with Crippen LogP contribution in [0.1, 0.15) is 18.9 Å². The lowest BCUT2D eigenvalue weighted by Crippen LogP contribution is -2.15. The fourth-order valence-electron chi connectivity index (χ4n) is 1.52. The predicted molar refractivity (Wildman–Crippen MR) is 68.2 cm³/mol. The van der Waals surface area contributed by atoms with Gasteiger partial charge in [-0.2, -0.15) is 13.2 Å². The quantitative estimate of drug-likeness (QED) is 0.850. The second-order valence-corrected chi connectivity index (χ2v) is 5.98. The maximum absolute atomic E-state index is 12.5. The third-order valence-corrected chi connectivity index (χ3v) is 4.42. The first kappa shape index (κ1) is 16.0. The molecule has 0 aliphatic heterocycles. The number of anilines is 1. The van der Waals surface area contributed by atoms with E-state index in [4.69, 9.17) is 10.5 Å². The minimum Gasteiger partial charge on any atom is -0.398 e. The van der Waals surface area contributed by atoms with Gasteiger partial charge < -0.3 is 10.5 Å². The van der Waals surface area contributed by atoms with Crippen molar-refractivity contribution in [3.8, 4) is 0 Å². The molecule has 0 aliphatic rings. The van der Waals surface area contributed by atoms with E-state index in [0.29, 0.717) is 13.0 Å². The van der Waals surface area contributed by atoms with E-state index in [9.17, 15) is 17.4 Å². The van der Waals surface area contributed by atoms with Gasteiger partial charge in [-0.1, -0.05) is 6.92 Å². The van der Waals surface area contributed by atoms with Crippen LogP contribution in [0.2, 0.25) is 0 Å². The first-order valence-corrected chi connectivity index (χ1v) is 6.85. The molecule has 0 radical (unpaired) electrons. The molecule has 2 atom stereocenters. The average Bonchev–Trinajstić information content (AvgIpc) is 2.33. The van der Waals surface area contributed by atoms with Gasteiger partial charge in [0.05, 0.1) is 21.3 Å². The number of nitrogen functional groups attached to an aromatic ring is 1. The van der Waals surface area contributed by atoms with E-state index in [1.807, 2.05) is 0 Å². The van der Waals surface area contributed by atoms with Crippen LogP contribution < -0.4 is 5.73 Å². The Bertz CT molecular complexity index is 463. The van der Waals surface area contributed by atoms with Gasteiger partial charge in [0.15, 0.2) is 0 Å². The highest BCUT2D eigenvalue weighted by Gasteiger charge is 2.31. The number of halogens is 3. The molecule has 1 rings (SSSR count). The summed E-state index contributed by atoms with van der Waals surface area (Å²) in [6.07, 6.45) is -3.90. The highest BCUT2D eigenvalue weighted by Crippen LogP contribution is 2.32. The first-order chi connectivity index (χ1) is 8.77. The normalized spacial score (nSPS) is 15.2. The molecule has 0 spiro atoms. The summed E-state index contributed by atoms with van der Waals surface area (Å²) >= 11 is 0.